The van der Waals surface area contributed by atoms with Crippen molar-refractivity contribution >= 4 is 21.8 Å². The van der Waals surface area contributed by atoms with E-state index in [1.807, 2.05) is 30.3 Å². The van der Waals surface area contributed by atoms with E-state index in [9.17, 15) is 22.4 Å². The third kappa shape index (κ3) is 6.02. The van der Waals surface area contributed by atoms with Crippen LogP contribution in [0.4, 0.5) is 4.39 Å². The molecule has 1 fully saturated rings. The number of hydrogen-bond donors (Lipinski definition) is 2. The van der Waals surface area contributed by atoms with Crippen molar-refractivity contribution in [2.45, 2.75) is 69.0 Å². The Morgan fingerprint density at radius 2 is 1.69 bits per heavy atom. The molecule has 0 bridgehead atoms. The molecule has 0 atom stereocenters. The third-order valence-electron chi connectivity index (χ3n) is 6.39. The van der Waals surface area contributed by atoms with Crippen molar-refractivity contribution in [1.29, 1.82) is 0 Å². The van der Waals surface area contributed by atoms with Gasteiger partial charge in [0.2, 0.25) is 15.9 Å². The number of halogens is 1. The van der Waals surface area contributed by atoms with Gasteiger partial charge in [0.15, 0.2) is 0 Å². The highest BCUT2D eigenvalue weighted by Crippen LogP contribution is 2.42. The summed E-state index contributed by atoms with van der Waals surface area (Å²) in [5.41, 5.74) is -0.919. The van der Waals surface area contributed by atoms with E-state index in [0.29, 0.717) is 25.8 Å². The second-order valence-electron chi connectivity index (χ2n) is 10.3. The fourth-order valence-corrected chi connectivity index (χ4v) is 7.44. The van der Waals surface area contributed by atoms with E-state index in [2.05, 4.69) is 17.2 Å². The molecule has 0 spiro atoms. The van der Waals surface area contributed by atoms with Gasteiger partial charge in [0.25, 0.3) is 5.91 Å². The molecule has 2 aromatic carbocycles. The minimum absolute atomic E-state index is 0.216. The van der Waals surface area contributed by atoms with Gasteiger partial charge in [0.1, 0.15) is 5.82 Å². The summed E-state index contributed by atoms with van der Waals surface area (Å²) in [7, 11) is -4.12. The van der Waals surface area contributed by atoms with E-state index >= 15 is 0 Å². The van der Waals surface area contributed by atoms with Gasteiger partial charge < -0.3 is 10.6 Å². The van der Waals surface area contributed by atoms with Crippen LogP contribution in [0.15, 0.2) is 66.1 Å². The van der Waals surface area contributed by atoms with Crippen LogP contribution < -0.4 is 10.6 Å². The zero-order valence-corrected chi connectivity index (χ0v) is 22.0. The maximum atomic E-state index is 15.0. The highest BCUT2D eigenvalue weighted by molar-refractivity contribution is 7.89. The minimum Gasteiger partial charge on any atom is -0.352 e. The molecule has 36 heavy (non-hydrogen) atoms. The first-order valence-corrected chi connectivity index (χ1v) is 13.3. The third-order valence-corrected chi connectivity index (χ3v) is 8.71. The van der Waals surface area contributed by atoms with Gasteiger partial charge in [-0.1, -0.05) is 36.9 Å². The summed E-state index contributed by atoms with van der Waals surface area (Å²) in [5, 5.41) is 5.55. The molecule has 0 unspecified atom stereocenters. The first-order valence-electron chi connectivity index (χ1n) is 11.9. The predicted molar refractivity (Wildman–Crippen MR) is 137 cm³/mol. The molecule has 1 saturated heterocycles. The minimum atomic E-state index is -4.12. The van der Waals surface area contributed by atoms with Crippen molar-refractivity contribution in [2.75, 3.05) is 6.54 Å². The van der Waals surface area contributed by atoms with Crippen molar-refractivity contribution in [3.8, 4) is 0 Å². The van der Waals surface area contributed by atoms with Crippen LogP contribution in [0, 0.1) is 5.82 Å². The molecular formula is C27H34FN3O4S. The molecule has 2 aromatic rings. The number of piperidine rings is 1. The molecule has 1 aliphatic rings. The van der Waals surface area contributed by atoms with Crippen LogP contribution in [0.25, 0.3) is 0 Å². The molecule has 9 heteroatoms. The number of amides is 2. The predicted octanol–water partition coefficient (Wildman–Crippen LogP) is 3.81. The van der Waals surface area contributed by atoms with Gasteiger partial charge in [-0.15, -0.1) is 0 Å². The zero-order valence-electron chi connectivity index (χ0n) is 21.2. The molecule has 0 radical (unpaired) electrons. The Hall–Kier alpha value is -3.04. The van der Waals surface area contributed by atoms with Crippen molar-refractivity contribution < 1.29 is 22.4 Å². The van der Waals surface area contributed by atoms with E-state index in [0.717, 1.165) is 11.6 Å². The van der Waals surface area contributed by atoms with Crippen LogP contribution in [0.2, 0.25) is 0 Å². The molecule has 1 aliphatic heterocycles. The number of carbonyl (C=O) groups is 2. The van der Waals surface area contributed by atoms with Crippen molar-refractivity contribution in [2.24, 2.45) is 0 Å². The second kappa shape index (κ2) is 10.5. The summed E-state index contributed by atoms with van der Waals surface area (Å²) >= 11 is 0. The molecule has 0 aliphatic carbocycles. The van der Waals surface area contributed by atoms with Crippen LogP contribution in [0.5, 0.6) is 0 Å². The van der Waals surface area contributed by atoms with Gasteiger partial charge in [-0.05, 0) is 76.8 Å². The smallest absolute Gasteiger partial charge is 0.254 e. The molecule has 7 nitrogen and oxygen atoms in total. The van der Waals surface area contributed by atoms with Gasteiger partial charge in [0.05, 0.1) is 10.5 Å². The Kier molecular flexibility index (Phi) is 8.05. The van der Waals surface area contributed by atoms with Crippen molar-refractivity contribution in [1.82, 2.24) is 14.9 Å². The molecule has 194 valence electrons. The lowest BCUT2D eigenvalue weighted by Crippen LogP contribution is -2.65. The van der Waals surface area contributed by atoms with Gasteiger partial charge in [-0.25, -0.2) is 12.8 Å². The van der Waals surface area contributed by atoms with Gasteiger partial charge in [-0.3, -0.25) is 9.59 Å². The molecule has 1 heterocycles. The molecule has 2 amide bonds. The molecular weight excluding hydrogens is 481 g/mol. The Morgan fingerprint density at radius 3 is 2.25 bits per heavy atom. The fourth-order valence-electron chi connectivity index (χ4n) is 5.28. The Labute approximate surface area is 212 Å². The molecule has 3 rings (SSSR count). The van der Waals surface area contributed by atoms with Crippen molar-refractivity contribution in [3.05, 3.63) is 78.1 Å². The number of sulfonamides is 1. The largest absolute Gasteiger partial charge is 0.352 e. The Balaban J connectivity index is 1.79. The first-order chi connectivity index (χ1) is 16.8. The second-order valence-corrected chi connectivity index (χ2v) is 12.1. The lowest BCUT2D eigenvalue weighted by Gasteiger charge is -2.53. The van der Waals surface area contributed by atoms with Gasteiger partial charge in [0, 0.05) is 23.7 Å². The van der Waals surface area contributed by atoms with E-state index in [-0.39, 0.29) is 22.4 Å². The normalized spacial score (nSPS) is 17.8. The zero-order chi connectivity index (χ0) is 26.7. The quantitative estimate of drug-likeness (QED) is 0.523. The van der Waals surface area contributed by atoms with Gasteiger partial charge in [-0.2, -0.15) is 4.31 Å². The monoisotopic (exact) mass is 515 g/mol. The van der Waals surface area contributed by atoms with Crippen LogP contribution in [0.3, 0.4) is 0 Å². The summed E-state index contributed by atoms with van der Waals surface area (Å²) in [5.74, 6) is -1.83. The van der Waals surface area contributed by atoms with Crippen LogP contribution >= 0.6 is 0 Å². The lowest BCUT2D eigenvalue weighted by molar-refractivity contribution is -0.118. The Bertz CT molecular complexity index is 1220. The molecule has 0 saturated carbocycles. The standard InChI is InChI=1S/C27H34FN3O4S/c1-6-24(32)30-20-17-26(2,3)31(27(4,5)18-20)36(34,35)21-12-13-22(23(28)16-21)25(33)29-15-14-19-10-8-7-9-11-19/h6-13,16,20H,1,14-15,17-18H2,2-5H3,(H,29,33)(H,30,32). The highest BCUT2D eigenvalue weighted by Gasteiger charge is 2.52. The number of nitrogens with zero attached hydrogens (tertiary/aromatic N) is 1. The van der Waals surface area contributed by atoms with E-state index < -0.39 is 32.8 Å². The average Bonchev–Trinajstić information content (AvgIpc) is 2.77. The summed E-state index contributed by atoms with van der Waals surface area (Å²) in [6.45, 7) is 10.9. The number of rotatable bonds is 8. The Morgan fingerprint density at radius 1 is 1.08 bits per heavy atom. The average molecular weight is 516 g/mol. The van der Waals surface area contributed by atoms with Crippen LogP contribution in [-0.2, 0) is 21.2 Å². The highest BCUT2D eigenvalue weighted by atomic mass is 32.2. The fraction of sp³-hybridized carbons (Fsp3) is 0.407. The number of nitrogens with one attached hydrogen (secondary N) is 2. The SMILES string of the molecule is C=CC(=O)NC1CC(C)(C)N(S(=O)(=O)c2ccc(C(=O)NCCc3ccccc3)c(F)c2)C(C)(C)C1. The topological polar surface area (TPSA) is 95.6 Å². The molecule has 0 aromatic heterocycles. The van der Waals surface area contributed by atoms with E-state index in [4.69, 9.17) is 0 Å². The summed E-state index contributed by atoms with van der Waals surface area (Å²) in [6.07, 6.45) is 2.53. The lowest BCUT2D eigenvalue weighted by atomic mass is 9.79. The summed E-state index contributed by atoms with van der Waals surface area (Å²) in [4.78, 5) is 24.1. The maximum absolute atomic E-state index is 15.0. The van der Waals surface area contributed by atoms with Crippen LogP contribution in [0.1, 0.15) is 56.5 Å². The van der Waals surface area contributed by atoms with E-state index in [1.165, 1.54) is 22.5 Å². The summed E-state index contributed by atoms with van der Waals surface area (Å²) in [6, 6.07) is 12.7. The van der Waals surface area contributed by atoms with Crippen LogP contribution in [-0.4, -0.2) is 48.2 Å². The molecule has 2 N–H and O–H groups in total. The maximum Gasteiger partial charge on any atom is 0.254 e. The number of hydrogen-bond acceptors (Lipinski definition) is 4. The summed E-state index contributed by atoms with van der Waals surface area (Å²) < 4.78 is 43.8. The first kappa shape index (κ1) is 27.5. The van der Waals surface area contributed by atoms with Gasteiger partial charge >= 0.3 is 0 Å². The number of benzene rings is 2. The number of carbonyl (C=O) groups excluding carboxylic acids is 2. The van der Waals surface area contributed by atoms with E-state index in [1.54, 1.807) is 27.7 Å². The van der Waals surface area contributed by atoms with Crippen molar-refractivity contribution in [3.63, 3.8) is 0 Å².